The van der Waals surface area contributed by atoms with Gasteiger partial charge in [0.25, 0.3) is 0 Å². The van der Waals surface area contributed by atoms with Crippen molar-refractivity contribution in [2.45, 2.75) is 37.6 Å². The SMILES string of the molecule is CN1CCC(C(=O)O)(c2ccccc2)CC1(C)C. The summed E-state index contributed by atoms with van der Waals surface area (Å²) in [4.78, 5) is 14.1. The lowest BCUT2D eigenvalue weighted by molar-refractivity contribution is -0.148. The molecular formula is C15H21NO2. The van der Waals surface area contributed by atoms with E-state index < -0.39 is 11.4 Å². The molecule has 98 valence electrons. The van der Waals surface area contributed by atoms with Gasteiger partial charge in [0.15, 0.2) is 0 Å². The second kappa shape index (κ2) is 4.39. The van der Waals surface area contributed by atoms with Crippen LogP contribution in [0.25, 0.3) is 0 Å². The van der Waals surface area contributed by atoms with E-state index in [0.717, 1.165) is 12.1 Å². The zero-order valence-electron chi connectivity index (χ0n) is 11.3. The van der Waals surface area contributed by atoms with E-state index in [0.29, 0.717) is 12.8 Å². The van der Waals surface area contributed by atoms with Crippen LogP contribution in [0.1, 0.15) is 32.3 Å². The van der Waals surface area contributed by atoms with Gasteiger partial charge < -0.3 is 10.0 Å². The fourth-order valence-corrected chi connectivity index (χ4v) is 2.93. The summed E-state index contributed by atoms with van der Waals surface area (Å²) in [6.07, 6.45) is 1.32. The molecule has 1 aromatic carbocycles. The van der Waals surface area contributed by atoms with Gasteiger partial charge in [-0.05, 0) is 45.8 Å². The van der Waals surface area contributed by atoms with Crippen LogP contribution in [-0.2, 0) is 10.2 Å². The van der Waals surface area contributed by atoms with E-state index >= 15 is 0 Å². The van der Waals surface area contributed by atoms with Crippen LogP contribution in [-0.4, -0.2) is 35.1 Å². The summed E-state index contributed by atoms with van der Waals surface area (Å²) in [5, 5.41) is 9.74. The number of piperidine rings is 1. The van der Waals surface area contributed by atoms with E-state index in [9.17, 15) is 9.90 Å². The maximum absolute atomic E-state index is 11.9. The molecule has 0 spiro atoms. The quantitative estimate of drug-likeness (QED) is 0.873. The average Bonchev–Trinajstić information content (AvgIpc) is 2.33. The molecule has 0 bridgehead atoms. The van der Waals surface area contributed by atoms with Crippen LogP contribution in [0.4, 0.5) is 0 Å². The Balaban J connectivity index is 2.44. The first kappa shape index (κ1) is 13.1. The van der Waals surface area contributed by atoms with Crippen LogP contribution in [0.3, 0.4) is 0 Å². The summed E-state index contributed by atoms with van der Waals surface area (Å²) in [6, 6.07) is 9.65. The van der Waals surface area contributed by atoms with Crippen molar-refractivity contribution < 1.29 is 9.90 Å². The van der Waals surface area contributed by atoms with E-state index in [1.807, 2.05) is 30.3 Å². The minimum absolute atomic E-state index is 0.0908. The molecule has 0 radical (unpaired) electrons. The zero-order chi connectivity index (χ0) is 13.4. The number of rotatable bonds is 2. The summed E-state index contributed by atoms with van der Waals surface area (Å²) >= 11 is 0. The third kappa shape index (κ3) is 2.03. The van der Waals surface area contributed by atoms with Crippen LogP contribution < -0.4 is 0 Å². The van der Waals surface area contributed by atoms with Crippen molar-refractivity contribution in [1.29, 1.82) is 0 Å². The van der Waals surface area contributed by atoms with Crippen molar-refractivity contribution in [1.82, 2.24) is 4.90 Å². The Bertz CT molecular complexity index is 441. The number of carboxylic acids is 1. The molecule has 1 saturated heterocycles. The van der Waals surface area contributed by atoms with Crippen LogP contribution in [0, 0.1) is 0 Å². The molecule has 0 aromatic heterocycles. The Morgan fingerprint density at radius 3 is 2.39 bits per heavy atom. The predicted octanol–water partition coefficient (Wildman–Crippen LogP) is 2.51. The van der Waals surface area contributed by atoms with Gasteiger partial charge in [-0.2, -0.15) is 0 Å². The maximum atomic E-state index is 11.9. The molecule has 3 nitrogen and oxygen atoms in total. The van der Waals surface area contributed by atoms with Gasteiger partial charge in [0, 0.05) is 5.54 Å². The lowest BCUT2D eigenvalue weighted by Gasteiger charge is -2.48. The number of hydrogen-bond donors (Lipinski definition) is 1. The summed E-state index contributed by atoms with van der Waals surface area (Å²) in [7, 11) is 2.07. The molecule has 1 fully saturated rings. The smallest absolute Gasteiger partial charge is 0.314 e. The predicted molar refractivity (Wildman–Crippen MR) is 71.7 cm³/mol. The van der Waals surface area contributed by atoms with Crippen molar-refractivity contribution >= 4 is 5.97 Å². The van der Waals surface area contributed by atoms with Gasteiger partial charge >= 0.3 is 5.97 Å². The fourth-order valence-electron chi connectivity index (χ4n) is 2.93. The summed E-state index contributed by atoms with van der Waals surface area (Å²) in [6.45, 7) is 5.05. The Hall–Kier alpha value is -1.35. The normalized spacial score (nSPS) is 27.9. The number of likely N-dealkylation sites (tertiary alicyclic amines) is 1. The molecule has 0 saturated carbocycles. The van der Waals surface area contributed by atoms with Gasteiger partial charge in [-0.25, -0.2) is 0 Å². The van der Waals surface area contributed by atoms with E-state index in [1.54, 1.807) is 0 Å². The van der Waals surface area contributed by atoms with Gasteiger partial charge in [-0.1, -0.05) is 30.3 Å². The third-order valence-electron chi connectivity index (χ3n) is 4.38. The minimum atomic E-state index is -0.739. The molecule has 1 aliphatic rings. The molecule has 1 atom stereocenters. The van der Waals surface area contributed by atoms with Gasteiger partial charge in [0.1, 0.15) is 0 Å². The van der Waals surface area contributed by atoms with E-state index in [2.05, 4.69) is 25.8 Å². The fraction of sp³-hybridized carbons (Fsp3) is 0.533. The number of carbonyl (C=O) groups is 1. The van der Waals surface area contributed by atoms with Crippen LogP contribution in [0.15, 0.2) is 30.3 Å². The van der Waals surface area contributed by atoms with Crippen molar-refractivity contribution in [3.63, 3.8) is 0 Å². The first-order valence-corrected chi connectivity index (χ1v) is 6.39. The van der Waals surface area contributed by atoms with Crippen LogP contribution in [0.5, 0.6) is 0 Å². The minimum Gasteiger partial charge on any atom is -0.481 e. The van der Waals surface area contributed by atoms with E-state index in [-0.39, 0.29) is 5.54 Å². The molecule has 1 aliphatic heterocycles. The molecule has 1 unspecified atom stereocenters. The van der Waals surface area contributed by atoms with Crippen molar-refractivity contribution in [2.24, 2.45) is 0 Å². The second-order valence-corrected chi connectivity index (χ2v) is 5.91. The molecule has 2 rings (SSSR count). The van der Waals surface area contributed by atoms with Crippen molar-refractivity contribution in [2.75, 3.05) is 13.6 Å². The van der Waals surface area contributed by atoms with E-state index in [4.69, 9.17) is 0 Å². The number of hydrogen-bond acceptors (Lipinski definition) is 2. The van der Waals surface area contributed by atoms with Gasteiger partial charge in [0.2, 0.25) is 0 Å². The molecule has 1 aromatic rings. The highest BCUT2D eigenvalue weighted by Crippen LogP contribution is 2.42. The van der Waals surface area contributed by atoms with Crippen molar-refractivity contribution in [3.05, 3.63) is 35.9 Å². The summed E-state index contributed by atoms with van der Waals surface area (Å²) in [5.74, 6) is -0.699. The largest absolute Gasteiger partial charge is 0.481 e. The topological polar surface area (TPSA) is 40.5 Å². The molecule has 0 aliphatic carbocycles. The van der Waals surface area contributed by atoms with Crippen LogP contribution in [0.2, 0.25) is 0 Å². The maximum Gasteiger partial charge on any atom is 0.314 e. The zero-order valence-corrected chi connectivity index (χ0v) is 11.3. The number of benzene rings is 1. The molecule has 18 heavy (non-hydrogen) atoms. The summed E-state index contributed by atoms with van der Waals surface area (Å²) < 4.78 is 0. The molecule has 1 N–H and O–H groups in total. The number of carboxylic acid groups (broad SMARTS) is 1. The van der Waals surface area contributed by atoms with Crippen molar-refractivity contribution in [3.8, 4) is 0 Å². The highest BCUT2D eigenvalue weighted by molar-refractivity contribution is 5.81. The lowest BCUT2D eigenvalue weighted by atomic mass is 9.67. The highest BCUT2D eigenvalue weighted by atomic mass is 16.4. The first-order chi connectivity index (χ1) is 8.38. The Kier molecular flexibility index (Phi) is 3.20. The Morgan fingerprint density at radius 2 is 1.89 bits per heavy atom. The number of nitrogens with zero attached hydrogens (tertiary/aromatic N) is 1. The second-order valence-electron chi connectivity index (χ2n) is 5.91. The number of aliphatic carboxylic acids is 1. The molecule has 3 heteroatoms. The Labute approximate surface area is 108 Å². The van der Waals surface area contributed by atoms with E-state index in [1.165, 1.54) is 0 Å². The van der Waals surface area contributed by atoms with Gasteiger partial charge in [0.05, 0.1) is 5.41 Å². The van der Waals surface area contributed by atoms with Gasteiger partial charge in [-0.3, -0.25) is 4.79 Å². The van der Waals surface area contributed by atoms with Gasteiger partial charge in [-0.15, -0.1) is 0 Å². The summed E-state index contributed by atoms with van der Waals surface area (Å²) in [5.41, 5.74) is 0.0997. The first-order valence-electron chi connectivity index (χ1n) is 6.39. The standard InChI is InChI=1S/C15H21NO2/c1-14(2)11-15(13(17)18,9-10-16(14)3)12-7-5-4-6-8-12/h4-8H,9-11H2,1-3H3,(H,17,18). The molecular weight excluding hydrogens is 226 g/mol. The van der Waals surface area contributed by atoms with Crippen LogP contribution >= 0.6 is 0 Å². The molecule has 1 heterocycles. The Morgan fingerprint density at radius 1 is 1.28 bits per heavy atom. The molecule has 0 amide bonds. The lowest BCUT2D eigenvalue weighted by Crippen LogP contribution is -2.56. The average molecular weight is 247 g/mol. The third-order valence-corrected chi connectivity index (χ3v) is 4.38. The monoisotopic (exact) mass is 247 g/mol. The highest BCUT2D eigenvalue weighted by Gasteiger charge is 2.48.